The first kappa shape index (κ1) is 18.2. The third-order valence-electron chi connectivity index (χ3n) is 3.84. The van der Waals surface area contributed by atoms with E-state index >= 15 is 0 Å². The minimum absolute atomic E-state index is 0.124. The number of likely N-dealkylation sites (N-methyl/N-ethyl adjacent to an activating group) is 1. The van der Waals surface area contributed by atoms with Crippen molar-refractivity contribution in [3.63, 3.8) is 0 Å². The maximum Gasteiger partial charge on any atom is 0.271 e. The molecule has 0 atom stereocenters. The number of methoxy groups -OCH3 is 1. The molecule has 1 aromatic heterocycles. The van der Waals surface area contributed by atoms with Gasteiger partial charge in [0.2, 0.25) is 0 Å². The zero-order valence-electron chi connectivity index (χ0n) is 14.4. The van der Waals surface area contributed by atoms with Gasteiger partial charge in [0.25, 0.3) is 5.91 Å². The Labute approximate surface area is 146 Å². The molecule has 1 heterocycles. The summed E-state index contributed by atoms with van der Waals surface area (Å²) in [6, 6.07) is 7.57. The van der Waals surface area contributed by atoms with E-state index in [1.165, 1.54) is 16.2 Å². The molecule has 130 valence electrons. The highest BCUT2D eigenvalue weighted by atomic mass is 32.1. The van der Waals surface area contributed by atoms with Crippen LogP contribution in [-0.4, -0.2) is 44.2 Å². The number of amides is 1. The first-order valence-electron chi connectivity index (χ1n) is 8.14. The molecule has 0 bridgehead atoms. The van der Waals surface area contributed by atoms with Crippen LogP contribution >= 0.6 is 11.3 Å². The normalized spacial score (nSPS) is 10.7. The number of aromatic nitrogens is 1. The maximum atomic E-state index is 12.1. The van der Waals surface area contributed by atoms with Crippen LogP contribution in [0.2, 0.25) is 0 Å². The Balaban J connectivity index is 1.86. The molecule has 0 unspecified atom stereocenters. The average molecular weight is 349 g/mol. The van der Waals surface area contributed by atoms with Crippen LogP contribution in [0.1, 0.15) is 24.3 Å². The Bertz CT molecular complexity index is 638. The SMILES string of the molecule is CC[NH+](CC)CCNC(=O)c1csc(Nc2ccc(OC)cc2)n1. The summed E-state index contributed by atoms with van der Waals surface area (Å²) in [6.45, 7) is 8.03. The molecule has 1 aromatic carbocycles. The van der Waals surface area contributed by atoms with Gasteiger partial charge in [0.1, 0.15) is 11.4 Å². The Morgan fingerprint density at radius 1 is 1.25 bits per heavy atom. The average Bonchev–Trinajstić information content (AvgIpc) is 3.08. The maximum absolute atomic E-state index is 12.1. The molecular weight excluding hydrogens is 324 g/mol. The van der Waals surface area contributed by atoms with E-state index in [0.717, 1.165) is 31.1 Å². The van der Waals surface area contributed by atoms with Gasteiger partial charge in [-0.1, -0.05) is 0 Å². The van der Waals surface area contributed by atoms with Crippen LogP contribution in [0.15, 0.2) is 29.6 Å². The molecule has 24 heavy (non-hydrogen) atoms. The van der Waals surface area contributed by atoms with Crippen molar-refractivity contribution in [2.75, 3.05) is 38.6 Å². The molecule has 6 nitrogen and oxygen atoms in total. The molecule has 0 aliphatic carbocycles. The molecule has 0 aliphatic rings. The number of carbonyl (C=O) groups is 1. The lowest BCUT2D eigenvalue weighted by atomic mass is 10.3. The minimum Gasteiger partial charge on any atom is -0.497 e. The van der Waals surface area contributed by atoms with E-state index in [0.29, 0.717) is 17.4 Å². The molecule has 3 N–H and O–H groups in total. The standard InChI is InChI=1S/C17H24N4O2S/c1-4-21(5-2)11-10-18-16(22)15-12-24-17(20-15)19-13-6-8-14(23-3)9-7-13/h6-9,12H,4-5,10-11H2,1-3H3,(H,18,22)(H,19,20)/p+1. The van der Waals surface area contributed by atoms with Gasteiger partial charge in [0.15, 0.2) is 5.13 Å². The predicted octanol–water partition coefficient (Wildman–Crippen LogP) is 1.55. The van der Waals surface area contributed by atoms with Crippen molar-refractivity contribution in [2.45, 2.75) is 13.8 Å². The molecule has 2 aromatic rings. The number of rotatable bonds is 9. The second-order valence-electron chi connectivity index (χ2n) is 5.35. The van der Waals surface area contributed by atoms with Gasteiger partial charge in [-0.2, -0.15) is 0 Å². The first-order chi connectivity index (χ1) is 11.7. The summed E-state index contributed by atoms with van der Waals surface area (Å²) in [6.07, 6.45) is 0. The number of anilines is 2. The van der Waals surface area contributed by atoms with E-state index in [9.17, 15) is 4.79 Å². The summed E-state index contributed by atoms with van der Waals surface area (Å²) in [5.41, 5.74) is 1.35. The fraction of sp³-hybridized carbons (Fsp3) is 0.412. The summed E-state index contributed by atoms with van der Waals surface area (Å²) in [7, 11) is 1.63. The van der Waals surface area contributed by atoms with Crippen molar-refractivity contribution in [2.24, 2.45) is 0 Å². The Morgan fingerprint density at radius 2 is 1.96 bits per heavy atom. The van der Waals surface area contributed by atoms with Gasteiger partial charge in [-0.15, -0.1) is 11.3 Å². The number of hydrogen-bond acceptors (Lipinski definition) is 5. The van der Waals surface area contributed by atoms with Gasteiger partial charge in [-0.3, -0.25) is 4.79 Å². The topological polar surface area (TPSA) is 67.7 Å². The molecule has 0 fully saturated rings. The van der Waals surface area contributed by atoms with Crippen molar-refractivity contribution in [1.82, 2.24) is 10.3 Å². The fourth-order valence-corrected chi connectivity index (χ4v) is 2.99. The van der Waals surface area contributed by atoms with Crippen molar-refractivity contribution in [1.29, 1.82) is 0 Å². The molecule has 0 spiro atoms. The predicted molar refractivity (Wildman–Crippen MR) is 97.6 cm³/mol. The van der Waals surface area contributed by atoms with E-state index in [1.807, 2.05) is 24.3 Å². The number of benzene rings is 1. The lowest BCUT2D eigenvalue weighted by Gasteiger charge is -2.15. The van der Waals surface area contributed by atoms with Crippen LogP contribution in [0.25, 0.3) is 0 Å². The number of thiazole rings is 1. The van der Waals surface area contributed by atoms with Crippen LogP contribution in [0.4, 0.5) is 10.8 Å². The summed E-state index contributed by atoms with van der Waals surface area (Å²) in [5.74, 6) is 0.677. The third-order valence-corrected chi connectivity index (χ3v) is 4.60. The van der Waals surface area contributed by atoms with Crippen molar-refractivity contribution in [3.8, 4) is 5.75 Å². The van der Waals surface area contributed by atoms with E-state index in [2.05, 4.69) is 29.5 Å². The zero-order chi connectivity index (χ0) is 17.4. The van der Waals surface area contributed by atoms with Gasteiger partial charge in [-0.05, 0) is 38.1 Å². The van der Waals surface area contributed by atoms with Gasteiger partial charge in [-0.25, -0.2) is 4.98 Å². The number of nitrogens with zero attached hydrogens (tertiary/aromatic N) is 1. The molecule has 0 saturated heterocycles. The highest BCUT2D eigenvalue weighted by Gasteiger charge is 2.11. The molecule has 0 aliphatic heterocycles. The highest BCUT2D eigenvalue weighted by Crippen LogP contribution is 2.22. The van der Waals surface area contributed by atoms with Crippen LogP contribution in [0.5, 0.6) is 5.75 Å². The Kier molecular flexibility index (Phi) is 7.02. The van der Waals surface area contributed by atoms with Gasteiger partial charge in [0.05, 0.1) is 33.3 Å². The van der Waals surface area contributed by atoms with Crippen molar-refractivity contribution < 1.29 is 14.4 Å². The number of quaternary nitrogens is 1. The molecule has 2 rings (SSSR count). The summed E-state index contributed by atoms with van der Waals surface area (Å²) in [4.78, 5) is 17.9. The number of hydrogen-bond donors (Lipinski definition) is 3. The lowest BCUT2D eigenvalue weighted by Crippen LogP contribution is -3.12. The molecule has 0 radical (unpaired) electrons. The van der Waals surface area contributed by atoms with Crippen molar-refractivity contribution in [3.05, 3.63) is 35.3 Å². The number of ether oxygens (including phenoxy) is 1. The van der Waals surface area contributed by atoms with E-state index < -0.39 is 0 Å². The van der Waals surface area contributed by atoms with Gasteiger partial charge < -0.3 is 20.3 Å². The van der Waals surface area contributed by atoms with E-state index in [-0.39, 0.29) is 5.91 Å². The molecule has 7 heteroatoms. The third kappa shape index (κ3) is 5.21. The van der Waals surface area contributed by atoms with Crippen molar-refractivity contribution >= 4 is 28.1 Å². The molecular formula is C17H25N4O2S+. The van der Waals surface area contributed by atoms with Crippen LogP contribution in [-0.2, 0) is 0 Å². The summed E-state index contributed by atoms with van der Waals surface area (Å²) in [5, 5.41) is 8.58. The van der Waals surface area contributed by atoms with Crippen LogP contribution in [0, 0.1) is 0 Å². The molecule has 1 amide bonds. The lowest BCUT2D eigenvalue weighted by molar-refractivity contribution is -0.895. The van der Waals surface area contributed by atoms with Crippen LogP contribution in [0.3, 0.4) is 0 Å². The smallest absolute Gasteiger partial charge is 0.271 e. The Hall–Kier alpha value is -2.12. The number of nitrogens with one attached hydrogen (secondary N) is 3. The highest BCUT2D eigenvalue weighted by molar-refractivity contribution is 7.14. The molecule has 0 saturated carbocycles. The number of carbonyl (C=O) groups excluding carboxylic acids is 1. The second-order valence-corrected chi connectivity index (χ2v) is 6.21. The van der Waals surface area contributed by atoms with E-state index in [4.69, 9.17) is 4.74 Å². The quantitative estimate of drug-likeness (QED) is 0.643. The fourth-order valence-electron chi connectivity index (χ4n) is 2.28. The zero-order valence-corrected chi connectivity index (χ0v) is 15.2. The minimum atomic E-state index is -0.124. The van der Waals surface area contributed by atoms with E-state index in [1.54, 1.807) is 12.5 Å². The largest absolute Gasteiger partial charge is 0.497 e. The monoisotopic (exact) mass is 349 g/mol. The van der Waals surface area contributed by atoms with Gasteiger partial charge >= 0.3 is 0 Å². The first-order valence-corrected chi connectivity index (χ1v) is 9.02. The summed E-state index contributed by atoms with van der Waals surface area (Å²) < 4.78 is 5.13. The van der Waals surface area contributed by atoms with Gasteiger partial charge in [0, 0.05) is 11.1 Å². The van der Waals surface area contributed by atoms with Crippen LogP contribution < -0.4 is 20.3 Å². The second kappa shape index (κ2) is 9.24. The summed E-state index contributed by atoms with van der Waals surface area (Å²) >= 11 is 1.41. The Morgan fingerprint density at radius 3 is 2.58 bits per heavy atom.